The van der Waals surface area contributed by atoms with Gasteiger partial charge in [0.15, 0.2) is 0 Å². The Morgan fingerprint density at radius 1 is 1.20 bits per heavy atom. The molecule has 2 nitrogen and oxygen atoms in total. The predicted molar refractivity (Wildman–Crippen MR) is 63.0 cm³/mol. The van der Waals surface area contributed by atoms with E-state index < -0.39 is 0 Å². The Bertz CT molecular complexity index is 254. The maximum absolute atomic E-state index is 5.91. The van der Waals surface area contributed by atoms with Gasteiger partial charge in [-0.05, 0) is 54.0 Å². The molecule has 2 aliphatic heterocycles. The molecule has 2 aliphatic rings. The first-order valence-corrected chi connectivity index (χ1v) is 6.12. The molecule has 0 amide bonds. The average molecular weight is 211 g/mol. The average Bonchev–Trinajstić information content (AvgIpc) is 2.56. The summed E-state index contributed by atoms with van der Waals surface area (Å²) in [5.41, 5.74) is 0.876. The highest BCUT2D eigenvalue weighted by molar-refractivity contribution is 5.00. The molecule has 1 spiro atoms. The van der Waals surface area contributed by atoms with E-state index in [0.717, 1.165) is 6.61 Å². The third-order valence-corrected chi connectivity index (χ3v) is 3.96. The van der Waals surface area contributed by atoms with E-state index in [1.165, 1.54) is 25.9 Å². The fraction of sp³-hybridized carbons (Fsp3) is 1.00. The molecule has 2 fully saturated rings. The predicted octanol–water partition coefficient (Wildman–Crippen LogP) is 2.68. The van der Waals surface area contributed by atoms with Gasteiger partial charge in [-0.1, -0.05) is 0 Å². The van der Waals surface area contributed by atoms with Gasteiger partial charge in [0.2, 0.25) is 0 Å². The van der Waals surface area contributed by atoms with Crippen molar-refractivity contribution in [1.82, 2.24) is 4.90 Å². The second-order valence-electron chi connectivity index (χ2n) is 7.07. The number of hydrogen-bond donors (Lipinski definition) is 0. The van der Waals surface area contributed by atoms with E-state index in [-0.39, 0.29) is 5.60 Å². The molecule has 0 aliphatic carbocycles. The first-order chi connectivity index (χ1) is 6.73. The van der Waals surface area contributed by atoms with Crippen LogP contribution in [0.15, 0.2) is 0 Å². The fourth-order valence-electron chi connectivity index (χ4n) is 3.12. The maximum Gasteiger partial charge on any atom is 0.0633 e. The zero-order valence-corrected chi connectivity index (χ0v) is 10.9. The summed E-state index contributed by atoms with van der Waals surface area (Å²) in [5, 5.41) is 0. The second-order valence-corrected chi connectivity index (χ2v) is 7.07. The Morgan fingerprint density at radius 2 is 1.87 bits per heavy atom. The minimum Gasteiger partial charge on any atom is -0.375 e. The first kappa shape index (κ1) is 11.4. The molecule has 1 unspecified atom stereocenters. The van der Waals surface area contributed by atoms with Crippen molar-refractivity contribution < 1.29 is 4.74 Å². The van der Waals surface area contributed by atoms with E-state index in [9.17, 15) is 0 Å². The lowest BCUT2D eigenvalue weighted by molar-refractivity contribution is 0.0309. The molecular weight excluding hydrogens is 186 g/mol. The highest BCUT2D eigenvalue weighted by Crippen LogP contribution is 2.46. The third-order valence-electron chi connectivity index (χ3n) is 3.96. The van der Waals surface area contributed by atoms with Gasteiger partial charge in [-0.25, -0.2) is 0 Å². The summed E-state index contributed by atoms with van der Waals surface area (Å²) in [6.45, 7) is 14.8. The summed E-state index contributed by atoms with van der Waals surface area (Å²) in [6.07, 6.45) is 2.54. The molecule has 0 N–H and O–H groups in total. The van der Waals surface area contributed by atoms with Gasteiger partial charge >= 0.3 is 0 Å². The number of nitrogens with zero attached hydrogens (tertiary/aromatic N) is 1. The van der Waals surface area contributed by atoms with Crippen LogP contribution in [0.2, 0.25) is 0 Å². The van der Waals surface area contributed by atoms with E-state index in [2.05, 4.69) is 39.5 Å². The van der Waals surface area contributed by atoms with E-state index in [0.29, 0.717) is 11.0 Å². The summed E-state index contributed by atoms with van der Waals surface area (Å²) in [6, 6.07) is 0. The third kappa shape index (κ3) is 2.21. The van der Waals surface area contributed by atoms with Crippen LogP contribution in [-0.2, 0) is 4.74 Å². The van der Waals surface area contributed by atoms with Crippen molar-refractivity contribution >= 4 is 0 Å². The first-order valence-electron chi connectivity index (χ1n) is 6.12. The van der Waals surface area contributed by atoms with Crippen molar-refractivity contribution in [3.63, 3.8) is 0 Å². The van der Waals surface area contributed by atoms with Crippen molar-refractivity contribution in [2.75, 3.05) is 19.7 Å². The molecule has 0 aromatic heterocycles. The van der Waals surface area contributed by atoms with Gasteiger partial charge in [0.1, 0.15) is 0 Å². The molecule has 2 saturated heterocycles. The zero-order chi connectivity index (χ0) is 11.3. The molecule has 2 heterocycles. The summed E-state index contributed by atoms with van der Waals surface area (Å²) in [5.74, 6) is 0. The van der Waals surface area contributed by atoms with E-state index in [1.807, 2.05) is 0 Å². The van der Waals surface area contributed by atoms with Gasteiger partial charge in [0, 0.05) is 17.5 Å². The van der Waals surface area contributed by atoms with Crippen LogP contribution in [0.25, 0.3) is 0 Å². The smallest absolute Gasteiger partial charge is 0.0633 e. The molecule has 1 atom stereocenters. The molecule has 0 saturated carbocycles. The van der Waals surface area contributed by atoms with Gasteiger partial charge < -0.3 is 4.74 Å². The maximum atomic E-state index is 5.91. The molecule has 0 radical (unpaired) electrons. The van der Waals surface area contributed by atoms with Crippen LogP contribution < -0.4 is 0 Å². The molecule has 0 bridgehead atoms. The highest BCUT2D eigenvalue weighted by atomic mass is 16.5. The molecule has 2 rings (SSSR count). The number of likely N-dealkylation sites (tertiary alicyclic amines) is 1. The summed E-state index contributed by atoms with van der Waals surface area (Å²) >= 11 is 0. The van der Waals surface area contributed by atoms with Crippen LogP contribution in [0, 0.1) is 5.41 Å². The lowest BCUT2D eigenvalue weighted by Crippen LogP contribution is -2.41. The number of ether oxygens (including phenoxy) is 1. The minimum atomic E-state index is 0.105. The standard InChI is InChI=1S/C13H25NO/c1-11(2,3)14-7-6-13(9-14)8-12(4,5)15-10-13/h6-10H2,1-5H3. The van der Waals surface area contributed by atoms with Gasteiger partial charge in [0.05, 0.1) is 12.2 Å². The lowest BCUT2D eigenvalue weighted by Gasteiger charge is -2.33. The van der Waals surface area contributed by atoms with Gasteiger partial charge in [-0.3, -0.25) is 4.90 Å². The van der Waals surface area contributed by atoms with Crippen LogP contribution in [0.3, 0.4) is 0 Å². The number of rotatable bonds is 0. The molecule has 0 aromatic carbocycles. The molecule has 88 valence electrons. The van der Waals surface area contributed by atoms with Crippen molar-refractivity contribution in [3.8, 4) is 0 Å². The Balaban J connectivity index is 2.04. The van der Waals surface area contributed by atoms with Crippen LogP contribution in [0.1, 0.15) is 47.5 Å². The van der Waals surface area contributed by atoms with Crippen molar-refractivity contribution in [1.29, 1.82) is 0 Å². The minimum absolute atomic E-state index is 0.105. The van der Waals surface area contributed by atoms with Crippen LogP contribution in [0.4, 0.5) is 0 Å². The zero-order valence-electron chi connectivity index (χ0n) is 10.9. The Hall–Kier alpha value is -0.0800. The Kier molecular flexibility index (Phi) is 2.44. The quantitative estimate of drug-likeness (QED) is 0.611. The topological polar surface area (TPSA) is 12.5 Å². The monoisotopic (exact) mass is 211 g/mol. The molecule has 0 aromatic rings. The van der Waals surface area contributed by atoms with Crippen LogP contribution in [0.5, 0.6) is 0 Å². The van der Waals surface area contributed by atoms with Crippen LogP contribution >= 0.6 is 0 Å². The largest absolute Gasteiger partial charge is 0.375 e. The van der Waals surface area contributed by atoms with Crippen molar-refractivity contribution in [2.24, 2.45) is 5.41 Å². The Morgan fingerprint density at radius 3 is 2.27 bits per heavy atom. The fourth-order valence-corrected chi connectivity index (χ4v) is 3.12. The highest BCUT2D eigenvalue weighted by Gasteiger charge is 2.49. The van der Waals surface area contributed by atoms with Crippen molar-refractivity contribution in [2.45, 2.75) is 58.6 Å². The second kappa shape index (κ2) is 3.21. The summed E-state index contributed by atoms with van der Waals surface area (Å²) < 4.78 is 5.91. The van der Waals surface area contributed by atoms with Crippen LogP contribution in [-0.4, -0.2) is 35.7 Å². The normalized spacial score (nSPS) is 36.6. The number of hydrogen-bond acceptors (Lipinski definition) is 2. The van der Waals surface area contributed by atoms with Gasteiger partial charge in [-0.15, -0.1) is 0 Å². The molecule has 15 heavy (non-hydrogen) atoms. The van der Waals surface area contributed by atoms with Gasteiger partial charge in [0.25, 0.3) is 0 Å². The SMILES string of the molecule is CC1(C)CC2(CCN(C(C)(C)C)C2)CO1. The molecular formula is C13H25NO. The van der Waals surface area contributed by atoms with E-state index in [4.69, 9.17) is 4.74 Å². The summed E-state index contributed by atoms with van der Waals surface area (Å²) in [7, 11) is 0. The Labute approximate surface area is 94.0 Å². The summed E-state index contributed by atoms with van der Waals surface area (Å²) in [4.78, 5) is 2.61. The lowest BCUT2D eigenvalue weighted by atomic mass is 9.81. The molecule has 2 heteroatoms. The van der Waals surface area contributed by atoms with Crippen molar-refractivity contribution in [3.05, 3.63) is 0 Å². The van der Waals surface area contributed by atoms with Gasteiger partial charge in [-0.2, -0.15) is 0 Å². The van der Waals surface area contributed by atoms with E-state index >= 15 is 0 Å². The van der Waals surface area contributed by atoms with E-state index in [1.54, 1.807) is 0 Å².